The molecule has 0 fully saturated rings. The molecule has 1 rings (SSSR count). The molecule has 0 aliphatic carbocycles. The minimum atomic E-state index is -1.01. The molecule has 1 aromatic rings. The number of carbonyl (C=O) groups is 2. The average Bonchev–Trinajstić information content (AvgIpc) is 2.45. The van der Waals surface area contributed by atoms with Crippen LogP contribution in [0.5, 0.6) is 0 Å². The first kappa shape index (κ1) is 19.9. The van der Waals surface area contributed by atoms with Gasteiger partial charge in [0.2, 0.25) is 0 Å². The number of carboxylic acids is 2. The van der Waals surface area contributed by atoms with E-state index in [-0.39, 0.29) is 13.1 Å². The normalized spacial score (nSPS) is 9.76. The Morgan fingerprint density at radius 2 is 1.57 bits per heavy atom. The summed E-state index contributed by atoms with van der Waals surface area (Å²) in [6.45, 7) is -0.0213. The van der Waals surface area contributed by atoms with Crippen molar-refractivity contribution < 1.29 is 42.2 Å². The third-order valence-electron chi connectivity index (χ3n) is 2.38. The van der Waals surface area contributed by atoms with Gasteiger partial charge in [-0.05, 0) is 5.56 Å². The Balaban J connectivity index is 0.00000191. The molecule has 117 valence electrons. The summed E-state index contributed by atoms with van der Waals surface area (Å²) >= 11 is 2.56. The van der Waals surface area contributed by atoms with Crippen LogP contribution in [0.2, 0.25) is 0 Å². The molecule has 0 aliphatic rings. The van der Waals surface area contributed by atoms with E-state index >= 15 is 0 Å². The van der Waals surface area contributed by atoms with E-state index in [9.17, 15) is 9.59 Å². The zero-order chi connectivity index (χ0) is 16.1. The van der Waals surface area contributed by atoms with Crippen molar-refractivity contribution in [3.8, 4) is 0 Å². The summed E-state index contributed by atoms with van der Waals surface area (Å²) in [5.41, 5.74) is 1.20. The van der Waals surface area contributed by atoms with Gasteiger partial charge in [0.1, 0.15) is 0 Å². The molecular weight excluding hydrogens is 381 g/mol. The monoisotopic (exact) mass is 398 g/mol. The molecular formula is C13H17NO5STc. The molecule has 0 unspecified atom stereocenters. The SMILES string of the molecule is O=C(O)CN(CCSCc1ccccc1)CC(=O)O.[O]=[99Tc]. The molecule has 1 aromatic carbocycles. The van der Waals surface area contributed by atoms with Crippen LogP contribution in [0.15, 0.2) is 30.3 Å². The topological polar surface area (TPSA) is 94.9 Å². The zero-order valence-corrected chi connectivity index (χ0v) is 13.9. The van der Waals surface area contributed by atoms with Crippen LogP contribution in [-0.2, 0) is 37.7 Å². The van der Waals surface area contributed by atoms with E-state index in [2.05, 4.69) is 0 Å². The average molecular weight is 398 g/mol. The Hall–Kier alpha value is -1.08. The van der Waals surface area contributed by atoms with Crippen molar-refractivity contribution in [3.05, 3.63) is 35.9 Å². The second kappa shape index (κ2) is 12.6. The van der Waals surface area contributed by atoms with Gasteiger partial charge in [-0.25, -0.2) is 0 Å². The van der Waals surface area contributed by atoms with Crippen LogP contribution in [0.4, 0.5) is 0 Å². The Morgan fingerprint density at radius 1 is 1.05 bits per heavy atom. The van der Waals surface area contributed by atoms with Crippen LogP contribution < -0.4 is 0 Å². The number of thioether (sulfide) groups is 1. The maximum atomic E-state index is 10.6. The fourth-order valence-corrected chi connectivity index (χ4v) is 2.51. The first-order chi connectivity index (χ1) is 10.1. The van der Waals surface area contributed by atoms with Crippen LogP contribution in [0.25, 0.3) is 0 Å². The molecule has 0 bridgehead atoms. The van der Waals surface area contributed by atoms with Gasteiger partial charge in [0.25, 0.3) is 0 Å². The first-order valence-corrected chi connectivity index (χ1v) is 7.92. The van der Waals surface area contributed by atoms with Crippen molar-refractivity contribution in [3.63, 3.8) is 0 Å². The summed E-state index contributed by atoms with van der Waals surface area (Å²) in [4.78, 5) is 22.6. The van der Waals surface area contributed by atoms with Crippen molar-refractivity contribution >= 4 is 23.7 Å². The van der Waals surface area contributed by atoms with Gasteiger partial charge in [-0.1, -0.05) is 30.3 Å². The van der Waals surface area contributed by atoms with Crippen molar-refractivity contribution in [2.24, 2.45) is 0 Å². The van der Waals surface area contributed by atoms with Gasteiger partial charge >= 0.3 is 34.3 Å². The summed E-state index contributed by atoms with van der Waals surface area (Å²) in [6, 6.07) is 9.95. The fraction of sp³-hybridized carbons (Fsp3) is 0.385. The van der Waals surface area contributed by atoms with Crippen LogP contribution in [0.3, 0.4) is 0 Å². The second-order valence-corrected chi connectivity index (χ2v) is 5.14. The molecule has 0 heterocycles. The predicted octanol–water partition coefficient (Wildman–Crippen LogP) is 1.27. The summed E-state index contributed by atoms with van der Waals surface area (Å²) in [6.07, 6.45) is 0. The molecule has 21 heavy (non-hydrogen) atoms. The Morgan fingerprint density at radius 3 is 2.05 bits per heavy atom. The molecule has 0 saturated carbocycles. The molecule has 6 nitrogen and oxygen atoms in total. The van der Waals surface area contributed by atoms with Crippen LogP contribution >= 0.6 is 11.8 Å². The van der Waals surface area contributed by atoms with Crippen LogP contribution in [0.1, 0.15) is 5.56 Å². The van der Waals surface area contributed by atoms with Crippen molar-refractivity contribution in [2.45, 2.75) is 5.75 Å². The third kappa shape index (κ3) is 11.3. The van der Waals surface area contributed by atoms with Gasteiger partial charge in [0.15, 0.2) is 0 Å². The number of nitrogens with zero attached hydrogens (tertiary/aromatic N) is 1. The molecule has 8 heteroatoms. The maximum absolute atomic E-state index is 10.6. The van der Waals surface area contributed by atoms with Crippen molar-refractivity contribution in [1.82, 2.24) is 4.90 Å². The van der Waals surface area contributed by atoms with Crippen LogP contribution in [0, 0.1) is 0 Å². The molecule has 0 aliphatic heterocycles. The molecule has 0 aromatic heterocycles. The van der Waals surface area contributed by atoms with Crippen LogP contribution in [-0.4, -0.2) is 52.4 Å². The van der Waals surface area contributed by atoms with Gasteiger partial charge in [-0.15, -0.1) is 0 Å². The van der Waals surface area contributed by atoms with E-state index in [0.29, 0.717) is 12.3 Å². The van der Waals surface area contributed by atoms with Gasteiger partial charge < -0.3 is 10.2 Å². The standard InChI is InChI=1S/C13H17NO4S.O.Tc/c15-12(16)8-14(9-13(17)18)6-7-19-10-11-4-2-1-3-5-11;;/h1-5H,6-10H2,(H,15,16)(H,17,18);;/i;;1+1. The van der Waals surface area contributed by atoms with Crippen molar-refractivity contribution in [1.29, 1.82) is 0 Å². The summed E-state index contributed by atoms with van der Waals surface area (Å²) in [5, 5.41) is 17.4. The molecule has 0 atom stereocenters. The molecule has 2 N–H and O–H groups in total. The Labute approximate surface area is 138 Å². The van der Waals surface area contributed by atoms with Gasteiger partial charge in [0.05, 0.1) is 13.1 Å². The van der Waals surface area contributed by atoms with Crippen molar-refractivity contribution in [2.75, 3.05) is 25.4 Å². The van der Waals surface area contributed by atoms with E-state index in [4.69, 9.17) is 13.7 Å². The number of hydrogen-bond donors (Lipinski definition) is 2. The molecule has 0 saturated heterocycles. The van der Waals surface area contributed by atoms with E-state index in [1.54, 1.807) is 11.8 Å². The number of hydrogen-bond acceptors (Lipinski definition) is 5. The second-order valence-electron chi connectivity index (χ2n) is 4.04. The van der Waals surface area contributed by atoms with E-state index in [1.807, 2.05) is 30.3 Å². The number of aliphatic carboxylic acids is 2. The molecule has 0 amide bonds. The summed E-state index contributed by atoms with van der Waals surface area (Å²) < 4.78 is 8.22. The quantitative estimate of drug-likeness (QED) is 0.605. The minimum absolute atomic E-state index is 0.238. The van der Waals surface area contributed by atoms with Gasteiger partial charge in [-0.2, -0.15) is 11.8 Å². The Kier molecular flexibility index (Phi) is 12.0. The molecule has 0 spiro atoms. The summed E-state index contributed by atoms with van der Waals surface area (Å²) in [5.74, 6) is -0.465. The Bertz CT molecular complexity index is 416. The van der Waals surface area contributed by atoms with E-state index in [1.165, 1.54) is 10.5 Å². The number of carboxylic acid groups (broad SMARTS) is 2. The van der Waals surface area contributed by atoms with Gasteiger partial charge in [-0.3, -0.25) is 14.5 Å². The fourth-order valence-electron chi connectivity index (χ4n) is 1.55. The van der Waals surface area contributed by atoms with E-state index in [0.717, 1.165) is 24.6 Å². The van der Waals surface area contributed by atoms with Gasteiger partial charge in [0, 0.05) is 18.1 Å². The number of benzene rings is 1. The predicted molar refractivity (Wildman–Crippen MR) is 75.0 cm³/mol. The summed E-state index contributed by atoms with van der Waals surface area (Å²) in [7, 11) is 0. The zero-order valence-electron chi connectivity index (χ0n) is 11.3. The molecule has 0 radical (unpaired) electrons. The number of rotatable bonds is 9. The first-order valence-electron chi connectivity index (χ1n) is 6.01. The third-order valence-corrected chi connectivity index (χ3v) is 3.39. The van der Waals surface area contributed by atoms with E-state index < -0.39 is 11.9 Å².